The second-order valence-electron chi connectivity index (χ2n) is 4.37. The maximum atomic E-state index is 11.4. The largest absolute Gasteiger partial charge is 0.478 e. The van der Waals surface area contributed by atoms with Crippen LogP contribution in [0.2, 0.25) is 0 Å². The summed E-state index contributed by atoms with van der Waals surface area (Å²) >= 11 is 1.19. The lowest BCUT2D eigenvalue weighted by Gasteiger charge is -2.09. The van der Waals surface area contributed by atoms with Gasteiger partial charge in [-0.05, 0) is 36.4 Å². The molecule has 21 heavy (non-hydrogen) atoms. The quantitative estimate of drug-likeness (QED) is 0.839. The summed E-state index contributed by atoms with van der Waals surface area (Å²) in [7, 11) is -3.25. The number of aromatic carboxylic acids is 1. The van der Waals surface area contributed by atoms with Crippen molar-refractivity contribution in [1.29, 1.82) is 0 Å². The minimum Gasteiger partial charge on any atom is -0.478 e. The van der Waals surface area contributed by atoms with Crippen molar-refractivity contribution in [1.82, 2.24) is 0 Å². The second kappa shape index (κ2) is 5.79. The number of carboxylic acid groups (broad SMARTS) is 1. The summed E-state index contributed by atoms with van der Waals surface area (Å²) in [6.45, 7) is 0. The third-order valence-corrected chi connectivity index (χ3v) is 5.04. The van der Waals surface area contributed by atoms with Crippen LogP contribution in [-0.4, -0.2) is 25.7 Å². The number of carbonyl (C=O) groups is 1. The van der Waals surface area contributed by atoms with Crippen molar-refractivity contribution in [2.24, 2.45) is 0 Å². The van der Waals surface area contributed by atoms with Crippen LogP contribution in [0.15, 0.2) is 57.2 Å². The zero-order valence-electron chi connectivity index (χ0n) is 11.1. The molecule has 2 aromatic carbocycles. The van der Waals surface area contributed by atoms with Crippen LogP contribution in [0.4, 0.5) is 5.69 Å². The van der Waals surface area contributed by atoms with Crippen LogP contribution in [0.3, 0.4) is 0 Å². The Bertz CT molecular complexity index is 783. The standard InChI is InChI=1S/C14H13NO4S2/c1-21(18,19)10-7-5-9(6-8-10)20-13-11(14(16)17)3-2-4-12(13)15/h2-8H,15H2,1H3,(H,16,17). The van der Waals surface area contributed by atoms with Gasteiger partial charge in [-0.2, -0.15) is 0 Å². The average Bonchev–Trinajstić information content (AvgIpc) is 2.40. The Labute approximate surface area is 126 Å². The molecule has 0 aliphatic carbocycles. The van der Waals surface area contributed by atoms with Gasteiger partial charge < -0.3 is 10.8 Å². The monoisotopic (exact) mass is 323 g/mol. The molecule has 3 N–H and O–H groups in total. The summed E-state index contributed by atoms with van der Waals surface area (Å²) in [5.41, 5.74) is 6.31. The van der Waals surface area contributed by atoms with Gasteiger partial charge in [0, 0.05) is 21.7 Å². The number of anilines is 1. The molecule has 5 nitrogen and oxygen atoms in total. The van der Waals surface area contributed by atoms with Crippen LogP contribution in [0.5, 0.6) is 0 Å². The summed E-state index contributed by atoms with van der Waals surface area (Å²) in [4.78, 5) is 12.6. The highest BCUT2D eigenvalue weighted by Crippen LogP contribution is 2.35. The van der Waals surface area contributed by atoms with Crippen molar-refractivity contribution in [3.05, 3.63) is 48.0 Å². The van der Waals surface area contributed by atoms with Gasteiger partial charge in [-0.3, -0.25) is 0 Å². The van der Waals surface area contributed by atoms with E-state index in [-0.39, 0.29) is 10.5 Å². The third kappa shape index (κ3) is 3.56. The van der Waals surface area contributed by atoms with E-state index in [2.05, 4.69) is 0 Å². The topological polar surface area (TPSA) is 97.5 Å². The molecule has 0 aliphatic rings. The molecule has 0 spiro atoms. The SMILES string of the molecule is CS(=O)(=O)c1ccc(Sc2c(N)cccc2C(=O)O)cc1. The first kappa shape index (κ1) is 15.4. The Morgan fingerprint density at radius 2 is 1.76 bits per heavy atom. The highest BCUT2D eigenvalue weighted by Gasteiger charge is 2.14. The number of hydrogen-bond acceptors (Lipinski definition) is 5. The van der Waals surface area contributed by atoms with Crippen molar-refractivity contribution in [3.63, 3.8) is 0 Å². The molecular weight excluding hydrogens is 310 g/mol. The first-order valence-electron chi connectivity index (χ1n) is 5.89. The normalized spacial score (nSPS) is 11.3. The number of carboxylic acids is 1. The summed E-state index contributed by atoms with van der Waals surface area (Å²) in [5.74, 6) is -1.06. The molecule has 0 unspecified atom stereocenters. The number of benzene rings is 2. The fourth-order valence-electron chi connectivity index (χ4n) is 1.71. The van der Waals surface area contributed by atoms with Gasteiger partial charge in [-0.1, -0.05) is 17.8 Å². The molecule has 0 saturated carbocycles. The molecule has 0 bridgehead atoms. The first-order valence-corrected chi connectivity index (χ1v) is 8.59. The highest BCUT2D eigenvalue weighted by molar-refractivity contribution is 7.99. The van der Waals surface area contributed by atoms with E-state index in [4.69, 9.17) is 5.73 Å². The van der Waals surface area contributed by atoms with Crippen LogP contribution in [-0.2, 0) is 9.84 Å². The Hall–Kier alpha value is -1.99. The van der Waals surface area contributed by atoms with E-state index in [1.165, 1.54) is 30.0 Å². The Balaban J connectivity index is 2.37. The number of nitrogens with two attached hydrogens (primary N) is 1. The lowest BCUT2D eigenvalue weighted by molar-refractivity contribution is 0.0693. The van der Waals surface area contributed by atoms with Crippen LogP contribution in [0.25, 0.3) is 0 Å². The first-order chi connectivity index (χ1) is 9.79. The molecule has 7 heteroatoms. The highest BCUT2D eigenvalue weighted by atomic mass is 32.2. The summed E-state index contributed by atoms with van der Waals surface area (Å²) in [5, 5.41) is 9.17. The molecule has 0 radical (unpaired) electrons. The Kier molecular flexibility index (Phi) is 4.24. The minimum atomic E-state index is -3.25. The molecule has 0 fully saturated rings. The van der Waals surface area contributed by atoms with Gasteiger partial charge in [-0.25, -0.2) is 13.2 Å². The van der Waals surface area contributed by atoms with Gasteiger partial charge in [0.25, 0.3) is 0 Å². The van der Waals surface area contributed by atoms with Gasteiger partial charge in [0.15, 0.2) is 9.84 Å². The molecule has 0 atom stereocenters. The van der Waals surface area contributed by atoms with Gasteiger partial charge >= 0.3 is 5.97 Å². The lowest BCUT2D eigenvalue weighted by Crippen LogP contribution is -2.01. The molecule has 0 saturated heterocycles. The smallest absolute Gasteiger partial charge is 0.336 e. The van der Waals surface area contributed by atoms with Crippen LogP contribution in [0.1, 0.15) is 10.4 Å². The molecule has 0 heterocycles. The molecule has 0 aromatic heterocycles. The minimum absolute atomic E-state index is 0.118. The van der Waals surface area contributed by atoms with E-state index in [1.807, 2.05) is 0 Å². The van der Waals surface area contributed by atoms with Crippen molar-refractivity contribution in [3.8, 4) is 0 Å². The summed E-state index contributed by atoms with van der Waals surface area (Å²) in [6, 6.07) is 10.9. The fraction of sp³-hybridized carbons (Fsp3) is 0.0714. The molecule has 0 amide bonds. The van der Waals surface area contributed by atoms with Crippen LogP contribution < -0.4 is 5.73 Å². The Morgan fingerprint density at radius 1 is 1.14 bits per heavy atom. The number of nitrogen functional groups attached to an aromatic ring is 1. The molecule has 110 valence electrons. The second-order valence-corrected chi connectivity index (χ2v) is 7.47. The van der Waals surface area contributed by atoms with Crippen molar-refractivity contribution < 1.29 is 18.3 Å². The summed E-state index contributed by atoms with van der Waals surface area (Å²) in [6.07, 6.45) is 1.13. The number of hydrogen-bond donors (Lipinski definition) is 2. The average molecular weight is 323 g/mol. The van der Waals surface area contributed by atoms with E-state index < -0.39 is 15.8 Å². The van der Waals surface area contributed by atoms with Crippen LogP contribution >= 0.6 is 11.8 Å². The number of sulfone groups is 1. The molecule has 0 aliphatic heterocycles. The maximum absolute atomic E-state index is 11.4. The maximum Gasteiger partial charge on any atom is 0.336 e. The van der Waals surface area contributed by atoms with Gasteiger partial charge in [0.1, 0.15) is 0 Å². The molecule has 2 aromatic rings. The predicted octanol–water partition coefficient (Wildman–Crippen LogP) is 2.52. The van der Waals surface area contributed by atoms with Gasteiger partial charge in [0.2, 0.25) is 0 Å². The third-order valence-electron chi connectivity index (χ3n) is 2.75. The van der Waals surface area contributed by atoms with E-state index >= 15 is 0 Å². The predicted molar refractivity (Wildman–Crippen MR) is 81.5 cm³/mol. The zero-order chi connectivity index (χ0) is 15.6. The Morgan fingerprint density at radius 3 is 2.29 bits per heavy atom. The van der Waals surface area contributed by atoms with Crippen LogP contribution in [0, 0.1) is 0 Å². The van der Waals surface area contributed by atoms with Crippen molar-refractivity contribution in [2.75, 3.05) is 12.0 Å². The number of rotatable bonds is 4. The van der Waals surface area contributed by atoms with E-state index in [9.17, 15) is 18.3 Å². The molecule has 2 rings (SSSR count). The zero-order valence-corrected chi connectivity index (χ0v) is 12.7. The van der Waals surface area contributed by atoms with Crippen molar-refractivity contribution >= 4 is 33.3 Å². The lowest BCUT2D eigenvalue weighted by atomic mass is 10.2. The molecular formula is C14H13NO4S2. The van der Waals surface area contributed by atoms with Gasteiger partial charge in [0.05, 0.1) is 10.5 Å². The summed E-state index contributed by atoms with van der Waals surface area (Å²) < 4.78 is 22.8. The van der Waals surface area contributed by atoms with E-state index in [1.54, 1.807) is 24.3 Å². The van der Waals surface area contributed by atoms with E-state index in [0.717, 1.165) is 6.26 Å². The van der Waals surface area contributed by atoms with E-state index in [0.29, 0.717) is 15.5 Å². The van der Waals surface area contributed by atoms with Gasteiger partial charge in [-0.15, -0.1) is 0 Å². The van der Waals surface area contributed by atoms with Crippen molar-refractivity contribution in [2.45, 2.75) is 14.7 Å². The fourth-order valence-corrected chi connectivity index (χ4v) is 3.30.